The number of aryl methyl sites for hydroxylation is 1. The molecule has 0 bridgehead atoms. The Kier molecular flexibility index (Phi) is 4.47. The molecule has 0 atom stereocenters. The average Bonchev–Trinajstić information content (AvgIpc) is 2.91. The predicted octanol–water partition coefficient (Wildman–Crippen LogP) is 3.34. The van der Waals surface area contributed by atoms with E-state index in [0.29, 0.717) is 21.6 Å². The lowest BCUT2D eigenvalue weighted by molar-refractivity contribution is 0.0473. The molecule has 0 fully saturated rings. The van der Waals surface area contributed by atoms with Crippen LogP contribution in [0.4, 0.5) is 0 Å². The second-order valence-corrected chi connectivity index (χ2v) is 7.10. The van der Waals surface area contributed by atoms with Crippen LogP contribution in [-0.4, -0.2) is 29.7 Å². The molecule has 0 spiro atoms. The van der Waals surface area contributed by atoms with Gasteiger partial charge in [0.1, 0.15) is 12.2 Å². The molecular formula is C21H14ClNO6. The van der Waals surface area contributed by atoms with Crippen molar-refractivity contribution in [1.29, 1.82) is 0 Å². The summed E-state index contributed by atoms with van der Waals surface area (Å²) < 4.78 is 10.5. The van der Waals surface area contributed by atoms with E-state index in [1.54, 1.807) is 19.1 Å². The molecule has 2 aromatic carbocycles. The Morgan fingerprint density at radius 3 is 2.55 bits per heavy atom. The summed E-state index contributed by atoms with van der Waals surface area (Å²) in [4.78, 5) is 49.3. The molecule has 0 aliphatic carbocycles. The van der Waals surface area contributed by atoms with Crippen molar-refractivity contribution in [2.75, 3.05) is 7.05 Å². The Morgan fingerprint density at radius 2 is 1.79 bits per heavy atom. The summed E-state index contributed by atoms with van der Waals surface area (Å²) in [5.41, 5.74) is 1.48. The fourth-order valence-electron chi connectivity index (χ4n) is 3.18. The number of esters is 1. The predicted molar refractivity (Wildman–Crippen MR) is 104 cm³/mol. The maximum atomic E-state index is 12.5. The summed E-state index contributed by atoms with van der Waals surface area (Å²) >= 11 is 6.16. The highest BCUT2D eigenvalue weighted by atomic mass is 35.5. The third-order valence-electron chi connectivity index (χ3n) is 4.79. The molecule has 2 heterocycles. The van der Waals surface area contributed by atoms with E-state index < -0.39 is 23.4 Å². The summed E-state index contributed by atoms with van der Waals surface area (Å²) in [5.74, 6) is -1.59. The Balaban J connectivity index is 1.62. The molecule has 0 N–H and O–H groups in total. The van der Waals surface area contributed by atoms with Gasteiger partial charge >= 0.3 is 11.6 Å². The van der Waals surface area contributed by atoms with Crippen LogP contribution in [0.1, 0.15) is 42.2 Å². The van der Waals surface area contributed by atoms with Gasteiger partial charge in [-0.2, -0.15) is 0 Å². The van der Waals surface area contributed by atoms with Crippen molar-refractivity contribution >= 4 is 40.4 Å². The number of rotatable bonds is 3. The molecule has 29 heavy (non-hydrogen) atoms. The van der Waals surface area contributed by atoms with Gasteiger partial charge < -0.3 is 9.15 Å². The van der Waals surface area contributed by atoms with Gasteiger partial charge in [0.25, 0.3) is 11.8 Å². The normalized spacial score (nSPS) is 13.1. The summed E-state index contributed by atoms with van der Waals surface area (Å²) in [7, 11) is 1.38. The average molecular weight is 412 g/mol. The van der Waals surface area contributed by atoms with Gasteiger partial charge in [0.2, 0.25) is 0 Å². The van der Waals surface area contributed by atoms with E-state index in [2.05, 4.69) is 0 Å². The van der Waals surface area contributed by atoms with Crippen LogP contribution >= 0.6 is 11.6 Å². The highest BCUT2D eigenvalue weighted by molar-refractivity contribution is 6.32. The first kappa shape index (κ1) is 18.9. The molecule has 7 nitrogen and oxygen atoms in total. The number of hydrogen-bond donors (Lipinski definition) is 0. The van der Waals surface area contributed by atoms with E-state index in [1.165, 1.54) is 31.3 Å². The molecule has 2 amide bonds. The lowest BCUT2D eigenvalue weighted by atomic mass is 10.1. The third kappa shape index (κ3) is 3.19. The smallest absolute Gasteiger partial charge is 0.338 e. The highest BCUT2D eigenvalue weighted by Crippen LogP contribution is 2.26. The van der Waals surface area contributed by atoms with E-state index >= 15 is 0 Å². The number of carbonyl (C=O) groups is 3. The first-order chi connectivity index (χ1) is 13.8. The Morgan fingerprint density at radius 1 is 1.07 bits per heavy atom. The molecule has 0 radical (unpaired) electrons. The van der Waals surface area contributed by atoms with Gasteiger partial charge in [0, 0.05) is 29.1 Å². The minimum absolute atomic E-state index is 0.126. The molecule has 8 heteroatoms. The Bertz CT molecular complexity index is 1280. The van der Waals surface area contributed by atoms with Crippen LogP contribution in [0, 0.1) is 6.92 Å². The van der Waals surface area contributed by atoms with E-state index in [9.17, 15) is 19.2 Å². The van der Waals surface area contributed by atoms with Gasteiger partial charge in [-0.1, -0.05) is 11.6 Å². The van der Waals surface area contributed by atoms with Crippen LogP contribution in [0.5, 0.6) is 0 Å². The monoisotopic (exact) mass is 411 g/mol. The van der Waals surface area contributed by atoms with Gasteiger partial charge in [0.15, 0.2) is 0 Å². The zero-order chi connectivity index (χ0) is 20.9. The first-order valence-corrected chi connectivity index (χ1v) is 9.00. The summed E-state index contributed by atoms with van der Waals surface area (Å²) in [5, 5.41) is 1.05. The summed E-state index contributed by atoms with van der Waals surface area (Å²) in [6.07, 6.45) is 0. The number of ether oxygens (including phenoxy) is 1. The van der Waals surface area contributed by atoms with Crippen molar-refractivity contribution in [1.82, 2.24) is 4.90 Å². The lowest BCUT2D eigenvalue weighted by Crippen LogP contribution is -2.24. The van der Waals surface area contributed by atoms with Crippen LogP contribution in [0.15, 0.2) is 45.6 Å². The molecule has 0 unspecified atom stereocenters. The number of nitrogens with zero attached hydrogens (tertiary/aromatic N) is 1. The lowest BCUT2D eigenvalue weighted by Gasteiger charge is -2.09. The number of halogens is 1. The SMILES string of the molecule is Cc1cc2oc(=O)cc(COC(=O)c3ccc4c(c3)C(=O)N(C)C4=O)c2cc1Cl. The summed E-state index contributed by atoms with van der Waals surface area (Å²) in [6.45, 7) is 1.59. The van der Waals surface area contributed by atoms with Crippen LogP contribution in [-0.2, 0) is 11.3 Å². The van der Waals surface area contributed by atoms with Crippen molar-refractivity contribution in [2.24, 2.45) is 0 Å². The van der Waals surface area contributed by atoms with Gasteiger partial charge in [-0.25, -0.2) is 9.59 Å². The molecule has 1 aliphatic heterocycles. The molecule has 3 aromatic rings. The second-order valence-electron chi connectivity index (χ2n) is 6.69. The van der Waals surface area contributed by atoms with Crippen molar-refractivity contribution < 1.29 is 23.5 Å². The molecule has 0 saturated heterocycles. The van der Waals surface area contributed by atoms with Crippen LogP contribution in [0.25, 0.3) is 11.0 Å². The van der Waals surface area contributed by atoms with Gasteiger partial charge in [-0.3, -0.25) is 14.5 Å². The molecular weight excluding hydrogens is 398 g/mol. The first-order valence-electron chi connectivity index (χ1n) is 8.62. The quantitative estimate of drug-likeness (QED) is 0.373. The van der Waals surface area contributed by atoms with Crippen molar-refractivity contribution in [3.05, 3.63) is 79.7 Å². The zero-order valence-corrected chi connectivity index (χ0v) is 16.2. The minimum Gasteiger partial charge on any atom is -0.457 e. The maximum absolute atomic E-state index is 12.5. The Hall–Kier alpha value is -3.45. The largest absolute Gasteiger partial charge is 0.457 e. The van der Waals surface area contributed by atoms with Gasteiger partial charge in [-0.15, -0.1) is 0 Å². The van der Waals surface area contributed by atoms with E-state index in [-0.39, 0.29) is 23.3 Å². The number of carbonyl (C=O) groups excluding carboxylic acids is 3. The van der Waals surface area contributed by atoms with E-state index in [1.807, 2.05) is 0 Å². The fourth-order valence-corrected chi connectivity index (χ4v) is 3.35. The molecule has 1 aromatic heterocycles. The molecule has 1 aliphatic rings. The van der Waals surface area contributed by atoms with E-state index in [4.69, 9.17) is 20.8 Å². The number of hydrogen-bond acceptors (Lipinski definition) is 6. The number of imide groups is 1. The van der Waals surface area contributed by atoms with E-state index in [0.717, 1.165) is 10.5 Å². The van der Waals surface area contributed by atoms with Gasteiger partial charge in [0.05, 0.1) is 16.7 Å². The summed E-state index contributed by atoms with van der Waals surface area (Å²) in [6, 6.07) is 8.70. The fraction of sp³-hybridized carbons (Fsp3) is 0.143. The van der Waals surface area contributed by atoms with Crippen LogP contribution in [0.2, 0.25) is 5.02 Å². The number of fused-ring (bicyclic) bond motifs is 2. The number of benzene rings is 2. The van der Waals surface area contributed by atoms with Gasteiger partial charge in [-0.05, 0) is 42.8 Å². The number of amides is 2. The topological polar surface area (TPSA) is 93.9 Å². The molecule has 4 rings (SSSR count). The standard InChI is InChI=1S/C21H14ClNO6/c1-10-5-17-14(8-16(10)22)12(7-18(24)29-17)9-28-21(27)11-3-4-13-15(6-11)20(26)23(2)19(13)25/h3-8H,9H2,1-2H3. The zero-order valence-electron chi connectivity index (χ0n) is 15.4. The Labute approximate surface area is 169 Å². The minimum atomic E-state index is -0.692. The van der Waals surface area contributed by atoms with Crippen molar-refractivity contribution in [2.45, 2.75) is 13.5 Å². The van der Waals surface area contributed by atoms with Crippen molar-refractivity contribution in [3.63, 3.8) is 0 Å². The molecule has 146 valence electrons. The third-order valence-corrected chi connectivity index (χ3v) is 5.20. The highest BCUT2D eigenvalue weighted by Gasteiger charge is 2.33. The maximum Gasteiger partial charge on any atom is 0.338 e. The van der Waals surface area contributed by atoms with Crippen LogP contribution in [0.3, 0.4) is 0 Å². The van der Waals surface area contributed by atoms with Crippen LogP contribution < -0.4 is 5.63 Å². The molecule has 0 saturated carbocycles. The second kappa shape index (κ2) is 6.86. The van der Waals surface area contributed by atoms with Crippen molar-refractivity contribution in [3.8, 4) is 0 Å².